The van der Waals surface area contributed by atoms with Crippen LogP contribution in [0.15, 0.2) is 24.3 Å². The fourth-order valence-electron chi connectivity index (χ4n) is 2.69. The van der Waals surface area contributed by atoms with E-state index in [1.165, 1.54) is 0 Å². The van der Waals surface area contributed by atoms with Crippen molar-refractivity contribution in [3.8, 4) is 0 Å². The van der Waals surface area contributed by atoms with Gasteiger partial charge >= 0.3 is 0 Å². The predicted molar refractivity (Wildman–Crippen MR) is 64.6 cm³/mol. The second-order valence-corrected chi connectivity index (χ2v) is 4.81. The van der Waals surface area contributed by atoms with Crippen molar-refractivity contribution in [2.45, 2.75) is 12.0 Å². The van der Waals surface area contributed by atoms with E-state index in [1.54, 1.807) is 24.3 Å². The van der Waals surface area contributed by atoms with Gasteiger partial charge in [0.05, 0.1) is 5.60 Å². The van der Waals surface area contributed by atoms with Crippen molar-refractivity contribution in [2.75, 3.05) is 13.2 Å². The number of amides is 1. The van der Waals surface area contributed by atoms with Crippen LogP contribution < -0.4 is 5.73 Å². The molecule has 1 saturated carbocycles. The van der Waals surface area contributed by atoms with E-state index in [2.05, 4.69) is 0 Å². The average molecular weight is 251 g/mol. The molecule has 2 rings (SSSR count). The lowest BCUT2D eigenvalue weighted by molar-refractivity contribution is -0.172. The largest absolute Gasteiger partial charge is 0.396 e. The Hall–Kier alpha value is -1.43. The SMILES string of the molecule is NC(=O)c1cccc([C@]2(O)C[C@H](CO)[C@H]2CO)c1. The molecule has 0 spiro atoms. The third-order valence-corrected chi connectivity index (χ3v) is 3.83. The molecule has 5 heteroatoms. The molecule has 0 aromatic heterocycles. The molecular weight excluding hydrogens is 234 g/mol. The number of aliphatic hydroxyl groups excluding tert-OH is 2. The van der Waals surface area contributed by atoms with E-state index in [1.807, 2.05) is 0 Å². The minimum atomic E-state index is -1.19. The molecule has 0 unspecified atom stereocenters. The van der Waals surface area contributed by atoms with Crippen LogP contribution >= 0.6 is 0 Å². The summed E-state index contributed by atoms with van der Waals surface area (Å²) in [5, 5.41) is 28.9. The highest BCUT2D eigenvalue weighted by molar-refractivity contribution is 5.92. The normalized spacial score (nSPS) is 30.8. The predicted octanol–water partition coefficient (Wildman–Crippen LogP) is -0.406. The van der Waals surface area contributed by atoms with Gasteiger partial charge in [-0.2, -0.15) is 0 Å². The Morgan fingerprint density at radius 2 is 2.11 bits per heavy atom. The fourth-order valence-corrected chi connectivity index (χ4v) is 2.69. The van der Waals surface area contributed by atoms with Gasteiger partial charge in [-0.25, -0.2) is 0 Å². The van der Waals surface area contributed by atoms with Gasteiger partial charge in [0.2, 0.25) is 5.91 Å². The molecule has 5 N–H and O–H groups in total. The van der Waals surface area contributed by atoms with Crippen LogP contribution in [0.5, 0.6) is 0 Å². The molecule has 1 amide bonds. The van der Waals surface area contributed by atoms with Crippen LogP contribution in [0.3, 0.4) is 0 Å². The molecule has 1 aliphatic carbocycles. The van der Waals surface area contributed by atoms with Gasteiger partial charge in [-0.15, -0.1) is 0 Å². The van der Waals surface area contributed by atoms with Crippen molar-refractivity contribution >= 4 is 5.91 Å². The fraction of sp³-hybridized carbons (Fsp3) is 0.462. The summed E-state index contributed by atoms with van der Waals surface area (Å²) in [6.45, 7) is -0.272. The summed E-state index contributed by atoms with van der Waals surface area (Å²) >= 11 is 0. The Morgan fingerprint density at radius 3 is 2.67 bits per heavy atom. The monoisotopic (exact) mass is 251 g/mol. The molecule has 0 saturated heterocycles. The Balaban J connectivity index is 2.31. The number of aliphatic hydroxyl groups is 3. The average Bonchev–Trinajstić information content (AvgIpc) is 2.36. The molecule has 18 heavy (non-hydrogen) atoms. The number of hydrogen-bond acceptors (Lipinski definition) is 4. The van der Waals surface area contributed by atoms with E-state index in [9.17, 15) is 15.0 Å². The summed E-state index contributed by atoms with van der Waals surface area (Å²) in [6.07, 6.45) is 0.372. The number of primary amides is 1. The standard InChI is InChI=1S/C13H17NO4/c14-12(17)8-2-1-3-10(4-8)13(18)5-9(6-15)11(13)7-16/h1-4,9,11,15-16,18H,5-7H2,(H2,14,17)/t9-,11-,13-/m1/s1. The number of rotatable bonds is 4. The van der Waals surface area contributed by atoms with Crippen molar-refractivity contribution in [1.29, 1.82) is 0 Å². The summed E-state index contributed by atoms with van der Waals surface area (Å²) in [6, 6.07) is 6.46. The Bertz CT molecular complexity index is 462. The van der Waals surface area contributed by atoms with Crippen molar-refractivity contribution in [2.24, 2.45) is 17.6 Å². The Morgan fingerprint density at radius 1 is 1.39 bits per heavy atom. The third-order valence-electron chi connectivity index (χ3n) is 3.83. The molecule has 0 aliphatic heterocycles. The molecule has 0 bridgehead atoms. The summed E-state index contributed by atoms with van der Waals surface area (Å²) in [7, 11) is 0. The van der Waals surface area contributed by atoms with Crippen molar-refractivity contribution in [3.63, 3.8) is 0 Å². The Labute approximate surface area is 105 Å². The number of hydrogen-bond donors (Lipinski definition) is 4. The highest BCUT2D eigenvalue weighted by atomic mass is 16.3. The summed E-state index contributed by atoms with van der Waals surface area (Å²) in [4.78, 5) is 11.1. The van der Waals surface area contributed by atoms with E-state index in [-0.39, 0.29) is 19.1 Å². The minimum absolute atomic E-state index is 0.0664. The van der Waals surface area contributed by atoms with E-state index >= 15 is 0 Å². The minimum Gasteiger partial charge on any atom is -0.396 e. The molecule has 1 aliphatic rings. The zero-order valence-electron chi connectivity index (χ0n) is 9.91. The van der Waals surface area contributed by atoms with Crippen LogP contribution in [0, 0.1) is 11.8 Å². The Kier molecular flexibility index (Phi) is 3.38. The highest BCUT2D eigenvalue weighted by Gasteiger charge is 2.53. The molecule has 1 aromatic rings. The zero-order valence-corrected chi connectivity index (χ0v) is 9.91. The van der Waals surface area contributed by atoms with Crippen LogP contribution in [0.1, 0.15) is 22.3 Å². The van der Waals surface area contributed by atoms with E-state index in [0.29, 0.717) is 17.5 Å². The maximum absolute atomic E-state index is 11.1. The van der Waals surface area contributed by atoms with Crippen LogP contribution in [-0.2, 0) is 5.60 Å². The second kappa shape index (κ2) is 4.68. The van der Waals surface area contributed by atoms with Crippen LogP contribution in [0.25, 0.3) is 0 Å². The van der Waals surface area contributed by atoms with Gasteiger partial charge in [-0.05, 0) is 30.0 Å². The van der Waals surface area contributed by atoms with Gasteiger partial charge in [0.15, 0.2) is 0 Å². The highest BCUT2D eigenvalue weighted by Crippen LogP contribution is 2.50. The van der Waals surface area contributed by atoms with E-state index in [0.717, 1.165) is 0 Å². The topological polar surface area (TPSA) is 104 Å². The first-order valence-corrected chi connectivity index (χ1v) is 5.87. The van der Waals surface area contributed by atoms with Crippen LogP contribution in [-0.4, -0.2) is 34.4 Å². The zero-order chi connectivity index (χ0) is 13.3. The van der Waals surface area contributed by atoms with Crippen LogP contribution in [0.4, 0.5) is 0 Å². The van der Waals surface area contributed by atoms with E-state index in [4.69, 9.17) is 10.8 Å². The van der Waals surface area contributed by atoms with Crippen molar-refractivity contribution in [1.82, 2.24) is 0 Å². The summed E-state index contributed by atoms with van der Waals surface area (Å²) < 4.78 is 0. The van der Waals surface area contributed by atoms with Gasteiger partial charge in [0.25, 0.3) is 0 Å². The van der Waals surface area contributed by atoms with Crippen molar-refractivity contribution in [3.05, 3.63) is 35.4 Å². The molecule has 0 radical (unpaired) electrons. The number of benzene rings is 1. The molecule has 1 fully saturated rings. The number of carbonyl (C=O) groups is 1. The van der Waals surface area contributed by atoms with Gasteiger partial charge < -0.3 is 21.1 Å². The van der Waals surface area contributed by atoms with E-state index < -0.39 is 17.4 Å². The molecule has 1 aromatic carbocycles. The summed E-state index contributed by atoms with van der Waals surface area (Å²) in [5.41, 5.74) is 4.89. The lowest BCUT2D eigenvalue weighted by Gasteiger charge is -2.51. The first kappa shape index (κ1) is 13.0. The molecule has 3 atom stereocenters. The third kappa shape index (κ3) is 1.90. The molecule has 5 nitrogen and oxygen atoms in total. The van der Waals surface area contributed by atoms with Gasteiger partial charge in [0.1, 0.15) is 0 Å². The molecular formula is C13H17NO4. The van der Waals surface area contributed by atoms with Crippen molar-refractivity contribution < 1.29 is 20.1 Å². The smallest absolute Gasteiger partial charge is 0.248 e. The molecule has 0 heterocycles. The maximum Gasteiger partial charge on any atom is 0.248 e. The lowest BCUT2D eigenvalue weighted by Crippen LogP contribution is -2.54. The van der Waals surface area contributed by atoms with Gasteiger partial charge in [0, 0.05) is 24.7 Å². The first-order valence-electron chi connectivity index (χ1n) is 5.87. The van der Waals surface area contributed by atoms with Crippen LogP contribution in [0.2, 0.25) is 0 Å². The molecule has 98 valence electrons. The second-order valence-electron chi connectivity index (χ2n) is 4.81. The maximum atomic E-state index is 11.1. The van der Waals surface area contributed by atoms with Gasteiger partial charge in [-0.1, -0.05) is 12.1 Å². The summed E-state index contributed by atoms with van der Waals surface area (Å²) in [5.74, 6) is -1.08. The van der Waals surface area contributed by atoms with Gasteiger partial charge in [-0.3, -0.25) is 4.79 Å². The first-order chi connectivity index (χ1) is 8.52. The number of nitrogens with two attached hydrogens (primary N) is 1. The quantitative estimate of drug-likeness (QED) is 0.584. The number of carbonyl (C=O) groups excluding carboxylic acids is 1. The lowest BCUT2D eigenvalue weighted by atomic mass is 9.59.